The molecular weight excluding hydrogens is 362 g/mol. The summed E-state index contributed by atoms with van der Waals surface area (Å²) < 4.78 is 0.935. The van der Waals surface area contributed by atoms with Crippen molar-refractivity contribution in [2.75, 3.05) is 0 Å². The topological polar surface area (TPSA) is 124 Å². The highest BCUT2D eigenvalue weighted by Crippen LogP contribution is 2.37. The zero-order valence-corrected chi connectivity index (χ0v) is 15.4. The summed E-state index contributed by atoms with van der Waals surface area (Å²) >= 11 is 0. The number of nitrogens with zero attached hydrogens (tertiary/aromatic N) is 3. The number of hydrogen-bond acceptors (Lipinski definition) is 5. The Morgan fingerprint density at radius 1 is 1.32 bits per heavy atom. The summed E-state index contributed by atoms with van der Waals surface area (Å²) in [5, 5.41) is 17.0. The smallest absolute Gasteiger partial charge is 0.330 e. The zero-order chi connectivity index (χ0) is 20.0. The minimum Gasteiger partial charge on any atom is -0.494 e. The second-order valence-corrected chi connectivity index (χ2v) is 6.66. The summed E-state index contributed by atoms with van der Waals surface area (Å²) in [6.45, 7) is 1.73. The molecule has 4 rings (SSSR count). The molecule has 1 amide bonds. The molecule has 144 valence electrons. The summed E-state index contributed by atoms with van der Waals surface area (Å²) in [6.07, 6.45) is 2.31. The summed E-state index contributed by atoms with van der Waals surface area (Å²) in [6, 6.07) is 7.28. The number of H-pyrrole nitrogens is 2. The van der Waals surface area contributed by atoms with Crippen LogP contribution in [0.25, 0.3) is 10.9 Å². The minimum absolute atomic E-state index is 0.0988. The number of fused-ring (bicyclic) bond motifs is 1. The molecule has 0 saturated carbocycles. The average molecular weight is 381 g/mol. The van der Waals surface area contributed by atoms with Crippen LogP contribution in [0.15, 0.2) is 45.2 Å². The molecule has 0 saturated heterocycles. The lowest BCUT2D eigenvalue weighted by Gasteiger charge is -2.20. The highest BCUT2D eigenvalue weighted by Gasteiger charge is 2.36. The van der Waals surface area contributed by atoms with E-state index >= 15 is 0 Å². The van der Waals surface area contributed by atoms with Crippen LogP contribution in [0, 0.1) is 0 Å². The minimum atomic E-state index is -0.733. The van der Waals surface area contributed by atoms with Crippen LogP contribution in [0.3, 0.4) is 0 Å². The molecule has 3 aromatic rings. The van der Waals surface area contributed by atoms with Crippen molar-refractivity contribution in [3.63, 3.8) is 0 Å². The maximum atomic E-state index is 12.5. The predicted molar refractivity (Wildman–Crippen MR) is 103 cm³/mol. The van der Waals surface area contributed by atoms with E-state index in [-0.39, 0.29) is 30.0 Å². The van der Waals surface area contributed by atoms with Crippen LogP contribution in [-0.2, 0) is 11.8 Å². The van der Waals surface area contributed by atoms with E-state index in [0.29, 0.717) is 0 Å². The van der Waals surface area contributed by atoms with Gasteiger partial charge in [0.2, 0.25) is 11.8 Å². The number of rotatable bonds is 3. The van der Waals surface area contributed by atoms with E-state index in [0.717, 1.165) is 21.0 Å². The summed E-state index contributed by atoms with van der Waals surface area (Å²) in [5.41, 5.74) is 0.502. The molecule has 28 heavy (non-hydrogen) atoms. The first kappa shape index (κ1) is 17.8. The first-order valence-corrected chi connectivity index (χ1v) is 8.90. The van der Waals surface area contributed by atoms with Crippen molar-refractivity contribution < 1.29 is 9.90 Å². The van der Waals surface area contributed by atoms with E-state index in [9.17, 15) is 19.5 Å². The fourth-order valence-electron chi connectivity index (χ4n) is 3.53. The Kier molecular flexibility index (Phi) is 4.14. The third-order valence-corrected chi connectivity index (χ3v) is 5.03. The monoisotopic (exact) mass is 381 g/mol. The Hall–Kier alpha value is -3.62. The fourth-order valence-corrected chi connectivity index (χ4v) is 3.53. The van der Waals surface area contributed by atoms with Gasteiger partial charge in [-0.05, 0) is 6.07 Å². The zero-order valence-electron chi connectivity index (χ0n) is 15.4. The van der Waals surface area contributed by atoms with Crippen LogP contribution in [-0.4, -0.2) is 36.3 Å². The molecule has 0 spiro atoms. The first-order valence-electron chi connectivity index (χ1n) is 8.90. The molecule has 0 radical (unpaired) electrons. The number of aromatic amines is 2. The Morgan fingerprint density at radius 3 is 2.82 bits per heavy atom. The van der Waals surface area contributed by atoms with Gasteiger partial charge in [-0.2, -0.15) is 5.10 Å². The van der Waals surface area contributed by atoms with E-state index in [4.69, 9.17) is 0 Å². The van der Waals surface area contributed by atoms with Crippen LogP contribution in [0.5, 0.6) is 5.88 Å². The van der Waals surface area contributed by atoms with Crippen molar-refractivity contribution in [2.24, 2.45) is 12.1 Å². The van der Waals surface area contributed by atoms with Crippen molar-refractivity contribution in [3.05, 3.63) is 62.4 Å². The van der Waals surface area contributed by atoms with Gasteiger partial charge < -0.3 is 10.1 Å². The van der Waals surface area contributed by atoms with Crippen LogP contribution >= 0.6 is 0 Å². The SMILES string of the molecule is CCC(=O)N1N=C(c2c(O)n(C)c(=O)[nH]c2=O)C[C@H]1c1c[nH]c2ccccc12. The van der Waals surface area contributed by atoms with Crippen LogP contribution in [0.1, 0.15) is 36.9 Å². The van der Waals surface area contributed by atoms with E-state index in [1.165, 1.54) is 12.1 Å². The van der Waals surface area contributed by atoms with Gasteiger partial charge in [-0.25, -0.2) is 9.80 Å². The van der Waals surface area contributed by atoms with Gasteiger partial charge in [-0.1, -0.05) is 25.1 Å². The van der Waals surface area contributed by atoms with Gasteiger partial charge in [0.15, 0.2) is 0 Å². The second kappa shape index (κ2) is 6.52. The number of aromatic hydroxyl groups is 1. The van der Waals surface area contributed by atoms with Gasteiger partial charge >= 0.3 is 5.69 Å². The molecule has 0 unspecified atom stereocenters. The molecule has 0 fully saturated rings. The summed E-state index contributed by atoms with van der Waals surface area (Å²) in [7, 11) is 1.35. The average Bonchev–Trinajstić information content (AvgIpc) is 3.30. The van der Waals surface area contributed by atoms with E-state index in [1.54, 1.807) is 6.92 Å². The maximum Gasteiger partial charge on any atom is 0.330 e. The third kappa shape index (κ3) is 2.63. The first-order chi connectivity index (χ1) is 13.4. The Bertz CT molecular complexity index is 1230. The number of hydrogen-bond donors (Lipinski definition) is 3. The molecular formula is C19H19N5O4. The molecule has 2 aromatic heterocycles. The van der Waals surface area contributed by atoms with Crippen LogP contribution < -0.4 is 11.2 Å². The van der Waals surface area contributed by atoms with E-state index in [1.807, 2.05) is 30.5 Å². The molecule has 1 aromatic carbocycles. The normalized spacial score (nSPS) is 16.6. The number of para-hydroxylation sites is 1. The number of nitrogens with one attached hydrogen (secondary N) is 2. The predicted octanol–water partition coefficient (Wildman–Crippen LogP) is 1.35. The molecule has 0 aliphatic carbocycles. The van der Waals surface area contributed by atoms with E-state index < -0.39 is 23.2 Å². The quantitative estimate of drug-likeness (QED) is 0.633. The number of carbonyl (C=O) groups is 1. The van der Waals surface area contributed by atoms with Crippen molar-refractivity contribution in [3.8, 4) is 5.88 Å². The van der Waals surface area contributed by atoms with E-state index in [2.05, 4.69) is 15.1 Å². The van der Waals surface area contributed by atoms with Gasteiger partial charge in [-0.3, -0.25) is 19.1 Å². The lowest BCUT2D eigenvalue weighted by Crippen LogP contribution is -2.32. The molecule has 9 nitrogen and oxygen atoms in total. The van der Waals surface area contributed by atoms with Gasteiger partial charge in [-0.15, -0.1) is 0 Å². The van der Waals surface area contributed by atoms with Crippen molar-refractivity contribution in [1.82, 2.24) is 19.5 Å². The van der Waals surface area contributed by atoms with Crippen LogP contribution in [0.2, 0.25) is 0 Å². The van der Waals surface area contributed by atoms with Crippen molar-refractivity contribution >= 4 is 22.5 Å². The lowest BCUT2D eigenvalue weighted by molar-refractivity contribution is -0.132. The molecule has 0 bridgehead atoms. The number of hydrazone groups is 1. The van der Waals surface area contributed by atoms with Crippen molar-refractivity contribution in [1.29, 1.82) is 0 Å². The molecule has 3 N–H and O–H groups in total. The summed E-state index contributed by atoms with van der Waals surface area (Å²) in [4.78, 5) is 41.9. The molecule has 1 atom stereocenters. The highest BCUT2D eigenvalue weighted by molar-refractivity contribution is 6.05. The second-order valence-electron chi connectivity index (χ2n) is 6.66. The number of aromatic nitrogens is 3. The van der Waals surface area contributed by atoms with Gasteiger partial charge in [0, 0.05) is 42.6 Å². The maximum absolute atomic E-state index is 12.5. The van der Waals surface area contributed by atoms with Gasteiger partial charge in [0.1, 0.15) is 5.56 Å². The Balaban J connectivity index is 1.85. The Morgan fingerprint density at radius 2 is 2.07 bits per heavy atom. The van der Waals surface area contributed by atoms with Crippen LogP contribution in [0.4, 0.5) is 0 Å². The highest BCUT2D eigenvalue weighted by atomic mass is 16.3. The molecule has 1 aliphatic rings. The molecule has 9 heteroatoms. The van der Waals surface area contributed by atoms with Crippen molar-refractivity contribution in [2.45, 2.75) is 25.8 Å². The number of carbonyl (C=O) groups excluding carboxylic acids is 1. The Labute approximate surface area is 158 Å². The van der Waals surface area contributed by atoms with Gasteiger partial charge in [0.25, 0.3) is 5.56 Å². The third-order valence-electron chi connectivity index (χ3n) is 5.03. The lowest BCUT2D eigenvalue weighted by atomic mass is 9.98. The molecule has 1 aliphatic heterocycles. The number of benzene rings is 1. The fraction of sp³-hybridized carbons (Fsp3) is 0.263. The number of amides is 1. The largest absolute Gasteiger partial charge is 0.494 e. The summed E-state index contributed by atoms with van der Waals surface area (Å²) in [5.74, 6) is -0.679. The molecule has 3 heterocycles. The standard InChI is InChI=1S/C19H19N5O4/c1-3-15(25)24-14(11-9-20-12-7-5-4-6-10(11)12)8-13(22-24)16-17(26)21-19(28)23(2)18(16)27/h4-7,9,14,20,27H,3,8H2,1-2H3,(H,21,26,28)/t14-/m0/s1. The van der Waals surface area contributed by atoms with Gasteiger partial charge in [0.05, 0.1) is 11.8 Å².